The number of hydrogen-bond acceptors (Lipinski definition) is 4. The number of ether oxygens (including phenoxy) is 1. The minimum Gasteiger partial charge on any atom is -0.496 e. The van der Waals surface area contributed by atoms with Crippen molar-refractivity contribution in [2.45, 2.75) is 24.2 Å². The van der Waals surface area contributed by atoms with Crippen LogP contribution in [-0.4, -0.2) is 39.9 Å². The Morgan fingerprint density at radius 1 is 1.43 bits per heavy atom. The Balaban J connectivity index is 2.28. The molecular weight excluding hydrogens is 292 g/mol. The third-order valence-electron chi connectivity index (χ3n) is 3.83. The van der Waals surface area contributed by atoms with E-state index in [1.165, 1.54) is 31.7 Å². The van der Waals surface area contributed by atoms with Crippen LogP contribution in [0.5, 0.6) is 5.75 Å². The van der Waals surface area contributed by atoms with E-state index in [4.69, 9.17) is 9.88 Å². The van der Waals surface area contributed by atoms with E-state index in [0.29, 0.717) is 18.2 Å². The van der Waals surface area contributed by atoms with Crippen LogP contribution in [0.3, 0.4) is 0 Å². The van der Waals surface area contributed by atoms with Crippen LogP contribution in [0, 0.1) is 5.92 Å². The van der Waals surface area contributed by atoms with E-state index in [0.717, 1.165) is 12.8 Å². The predicted molar refractivity (Wildman–Crippen MR) is 78.7 cm³/mol. The fraction of sp³-hybridized carbons (Fsp3) is 0.500. The van der Waals surface area contributed by atoms with Crippen LogP contribution in [0.15, 0.2) is 23.1 Å². The normalized spacial score (nSPS) is 15.4. The standard InChI is InChI=1S/C14H20N2O4S/c1-16(9-10-4-3-5-10)14(17)12-8-11(21(15,18)19)6-7-13(12)20-2/h6-8,10H,3-5,9H2,1-2H3,(H2,15,18,19). The predicted octanol–water partition coefficient (Wildman–Crippen LogP) is 1.21. The van der Waals surface area contributed by atoms with E-state index in [-0.39, 0.29) is 16.4 Å². The first kappa shape index (κ1) is 15.8. The van der Waals surface area contributed by atoms with Gasteiger partial charge in [-0.1, -0.05) is 6.42 Å². The lowest BCUT2D eigenvalue weighted by molar-refractivity contribution is 0.0741. The third kappa shape index (κ3) is 3.54. The molecule has 0 aromatic heterocycles. The van der Waals surface area contributed by atoms with Gasteiger partial charge in [0.05, 0.1) is 17.6 Å². The second-order valence-electron chi connectivity index (χ2n) is 5.39. The average molecular weight is 312 g/mol. The van der Waals surface area contributed by atoms with Gasteiger partial charge in [0.25, 0.3) is 5.91 Å². The van der Waals surface area contributed by atoms with Gasteiger partial charge in [0.2, 0.25) is 10.0 Å². The van der Waals surface area contributed by atoms with Crippen molar-refractivity contribution in [1.29, 1.82) is 0 Å². The highest BCUT2D eigenvalue weighted by Crippen LogP contribution is 2.28. The molecule has 0 spiro atoms. The molecule has 2 N–H and O–H groups in total. The lowest BCUT2D eigenvalue weighted by atomic mass is 9.85. The van der Waals surface area contributed by atoms with Crippen LogP contribution in [0.4, 0.5) is 0 Å². The molecule has 1 aliphatic rings. The molecule has 1 saturated carbocycles. The summed E-state index contributed by atoms with van der Waals surface area (Å²) in [6.45, 7) is 0.668. The fourth-order valence-electron chi connectivity index (χ4n) is 2.38. The minimum absolute atomic E-state index is 0.0938. The molecule has 7 heteroatoms. The van der Waals surface area contributed by atoms with E-state index >= 15 is 0 Å². The number of amides is 1. The van der Waals surface area contributed by atoms with Gasteiger partial charge in [-0.3, -0.25) is 4.79 Å². The van der Waals surface area contributed by atoms with Gasteiger partial charge in [0, 0.05) is 13.6 Å². The highest BCUT2D eigenvalue weighted by Gasteiger charge is 2.24. The van der Waals surface area contributed by atoms with E-state index in [1.54, 1.807) is 11.9 Å². The maximum absolute atomic E-state index is 12.5. The van der Waals surface area contributed by atoms with Crippen LogP contribution < -0.4 is 9.88 Å². The van der Waals surface area contributed by atoms with Gasteiger partial charge >= 0.3 is 0 Å². The highest BCUT2D eigenvalue weighted by molar-refractivity contribution is 7.89. The molecule has 0 unspecified atom stereocenters. The molecule has 2 rings (SSSR count). The number of carbonyl (C=O) groups excluding carboxylic acids is 1. The molecule has 6 nitrogen and oxygen atoms in total. The smallest absolute Gasteiger partial charge is 0.257 e. The lowest BCUT2D eigenvalue weighted by Gasteiger charge is -2.30. The molecule has 1 aliphatic carbocycles. The molecule has 1 amide bonds. The molecule has 1 aromatic carbocycles. The molecule has 0 radical (unpaired) electrons. The number of hydrogen-bond donors (Lipinski definition) is 1. The number of nitrogens with two attached hydrogens (primary N) is 1. The summed E-state index contributed by atoms with van der Waals surface area (Å²) in [5.41, 5.74) is 0.214. The zero-order valence-electron chi connectivity index (χ0n) is 12.2. The molecule has 0 heterocycles. The molecule has 0 atom stereocenters. The fourth-order valence-corrected chi connectivity index (χ4v) is 2.92. The molecule has 21 heavy (non-hydrogen) atoms. The Morgan fingerprint density at radius 2 is 2.10 bits per heavy atom. The van der Waals surface area contributed by atoms with Crippen molar-refractivity contribution < 1.29 is 17.9 Å². The summed E-state index contributed by atoms with van der Waals surface area (Å²) in [5, 5.41) is 5.11. The number of benzene rings is 1. The zero-order chi connectivity index (χ0) is 15.6. The SMILES string of the molecule is COc1ccc(S(N)(=O)=O)cc1C(=O)N(C)CC1CCC1. The lowest BCUT2D eigenvalue weighted by Crippen LogP contribution is -2.34. The van der Waals surface area contributed by atoms with Crippen LogP contribution in [0.25, 0.3) is 0 Å². The second kappa shape index (κ2) is 6.03. The first-order chi connectivity index (χ1) is 9.82. The van der Waals surface area contributed by atoms with Crippen molar-refractivity contribution >= 4 is 15.9 Å². The van der Waals surface area contributed by atoms with Crippen molar-refractivity contribution in [2.24, 2.45) is 11.1 Å². The van der Waals surface area contributed by atoms with E-state index in [1.807, 2.05) is 0 Å². The Morgan fingerprint density at radius 3 is 2.57 bits per heavy atom. The molecule has 0 saturated heterocycles. The van der Waals surface area contributed by atoms with Gasteiger partial charge in [-0.05, 0) is 37.0 Å². The number of primary sulfonamides is 1. The van der Waals surface area contributed by atoms with Crippen molar-refractivity contribution in [2.75, 3.05) is 20.7 Å². The summed E-state index contributed by atoms with van der Waals surface area (Å²) in [7, 11) is -0.701. The van der Waals surface area contributed by atoms with Crippen LogP contribution >= 0.6 is 0 Å². The second-order valence-corrected chi connectivity index (χ2v) is 6.95. The number of sulfonamides is 1. The number of methoxy groups -OCH3 is 1. The number of carbonyl (C=O) groups is 1. The molecule has 116 valence electrons. The van der Waals surface area contributed by atoms with Crippen LogP contribution in [0.2, 0.25) is 0 Å². The summed E-state index contributed by atoms with van der Waals surface area (Å²) < 4.78 is 28.0. The maximum atomic E-state index is 12.5. The summed E-state index contributed by atoms with van der Waals surface area (Å²) in [6, 6.07) is 4.05. The summed E-state index contributed by atoms with van der Waals surface area (Å²) in [6.07, 6.45) is 3.47. The van der Waals surface area contributed by atoms with Gasteiger partial charge in [0.1, 0.15) is 5.75 Å². The quantitative estimate of drug-likeness (QED) is 0.885. The van der Waals surface area contributed by atoms with Crippen molar-refractivity contribution in [3.05, 3.63) is 23.8 Å². The van der Waals surface area contributed by atoms with Crippen molar-refractivity contribution in [3.63, 3.8) is 0 Å². The first-order valence-corrected chi connectivity index (χ1v) is 8.34. The third-order valence-corrected chi connectivity index (χ3v) is 4.74. The van der Waals surface area contributed by atoms with Crippen molar-refractivity contribution in [3.8, 4) is 5.75 Å². The summed E-state index contributed by atoms with van der Waals surface area (Å²) in [4.78, 5) is 14.0. The van der Waals surface area contributed by atoms with Crippen LogP contribution in [0.1, 0.15) is 29.6 Å². The Kier molecular flexibility index (Phi) is 4.53. The Hall–Kier alpha value is -1.60. The van der Waals surface area contributed by atoms with Gasteiger partial charge < -0.3 is 9.64 Å². The van der Waals surface area contributed by atoms with E-state index < -0.39 is 10.0 Å². The zero-order valence-corrected chi connectivity index (χ0v) is 13.0. The Bertz CT molecular complexity index is 638. The largest absolute Gasteiger partial charge is 0.496 e. The maximum Gasteiger partial charge on any atom is 0.257 e. The topological polar surface area (TPSA) is 89.7 Å². The molecule has 1 aromatic rings. The number of nitrogens with zero attached hydrogens (tertiary/aromatic N) is 1. The molecule has 0 bridgehead atoms. The first-order valence-electron chi connectivity index (χ1n) is 6.79. The monoisotopic (exact) mass is 312 g/mol. The molecule has 1 fully saturated rings. The minimum atomic E-state index is -3.85. The van der Waals surface area contributed by atoms with E-state index in [2.05, 4.69) is 0 Å². The van der Waals surface area contributed by atoms with Gasteiger partial charge in [0.15, 0.2) is 0 Å². The summed E-state index contributed by atoms with van der Waals surface area (Å²) in [5.74, 6) is 0.614. The highest BCUT2D eigenvalue weighted by atomic mass is 32.2. The molecular formula is C14H20N2O4S. The van der Waals surface area contributed by atoms with Gasteiger partial charge in [-0.25, -0.2) is 13.6 Å². The van der Waals surface area contributed by atoms with Crippen molar-refractivity contribution in [1.82, 2.24) is 4.90 Å². The van der Waals surface area contributed by atoms with Crippen LogP contribution in [-0.2, 0) is 10.0 Å². The average Bonchev–Trinajstić information content (AvgIpc) is 2.40. The Labute approximate surface area is 124 Å². The number of rotatable bonds is 5. The van der Waals surface area contributed by atoms with Gasteiger partial charge in [-0.2, -0.15) is 0 Å². The summed E-state index contributed by atoms with van der Waals surface area (Å²) >= 11 is 0. The molecule has 0 aliphatic heterocycles. The van der Waals surface area contributed by atoms with Gasteiger partial charge in [-0.15, -0.1) is 0 Å². The van der Waals surface area contributed by atoms with E-state index in [9.17, 15) is 13.2 Å².